The van der Waals surface area contributed by atoms with Crippen LogP contribution < -0.4 is 0 Å². The van der Waals surface area contributed by atoms with Crippen LogP contribution in [0.4, 0.5) is 0 Å². The van der Waals surface area contributed by atoms with Gasteiger partial charge in [0.15, 0.2) is 0 Å². The third-order valence-electron chi connectivity index (χ3n) is 2.55. The second kappa shape index (κ2) is 5.15. The molecule has 2 rings (SSSR count). The van der Waals surface area contributed by atoms with E-state index in [4.69, 9.17) is 5.26 Å². The molecule has 5 nitrogen and oxygen atoms in total. The Morgan fingerprint density at radius 1 is 1.50 bits per heavy atom. The van der Waals surface area contributed by atoms with Crippen LogP contribution in [-0.4, -0.2) is 34.0 Å². The van der Waals surface area contributed by atoms with Gasteiger partial charge < -0.3 is 9.47 Å². The molecule has 18 heavy (non-hydrogen) atoms. The predicted octanol–water partition coefficient (Wildman–Crippen LogP) is 1.47. The van der Waals surface area contributed by atoms with E-state index in [0.29, 0.717) is 5.69 Å². The fraction of sp³-hybridized carbons (Fsp3) is 0.154. The molecule has 0 atom stereocenters. The molecule has 0 aliphatic carbocycles. The van der Waals surface area contributed by atoms with E-state index in [1.165, 1.54) is 4.90 Å². The van der Waals surface area contributed by atoms with Crippen LogP contribution in [-0.2, 0) is 0 Å². The third-order valence-corrected chi connectivity index (χ3v) is 2.55. The minimum Gasteiger partial charge on any atom is -0.327 e. The van der Waals surface area contributed by atoms with E-state index in [-0.39, 0.29) is 12.5 Å². The van der Waals surface area contributed by atoms with Gasteiger partial charge in [0.1, 0.15) is 12.2 Å². The highest BCUT2D eigenvalue weighted by Gasteiger charge is 2.15. The molecular weight excluding hydrogens is 228 g/mol. The van der Waals surface area contributed by atoms with Crippen molar-refractivity contribution in [3.8, 4) is 11.8 Å². The molecule has 2 aromatic rings. The molecule has 0 saturated heterocycles. The summed E-state index contributed by atoms with van der Waals surface area (Å²) < 4.78 is 1.75. The second-order valence-electron chi connectivity index (χ2n) is 3.79. The zero-order chi connectivity index (χ0) is 13.0. The summed E-state index contributed by atoms with van der Waals surface area (Å²) in [4.78, 5) is 17.5. The molecule has 0 spiro atoms. The number of rotatable bonds is 3. The highest BCUT2D eigenvalue weighted by atomic mass is 16.2. The first kappa shape index (κ1) is 11.9. The molecule has 0 N–H and O–H groups in total. The summed E-state index contributed by atoms with van der Waals surface area (Å²) in [5, 5.41) is 8.61. The van der Waals surface area contributed by atoms with Gasteiger partial charge in [-0.1, -0.05) is 0 Å². The van der Waals surface area contributed by atoms with Gasteiger partial charge in [0.05, 0.1) is 18.0 Å². The van der Waals surface area contributed by atoms with E-state index in [1.54, 1.807) is 42.3 Å². The van der Waals surface area contributed by atoms with Crippen molar-refractivity contribution in [3.05, 3.63) is 48.5 Å². The number of hydrogen-bond acceptors (Lipinski definition) is 3. The van der Waals surface area contributed by atoms with Crippen LogP contribution >= 0.6 is 0 Å². The molecule has 0 fully saturated rings. The van der Waals surface area contributed by atoms with Crippen molar-refractivity contribution in [1.82, 2.24) is 14.5 Å². The topological polar surface area (TPSA) is 61.9 Å². The van der Waals surface area contributed by atoms with Gasteiger partial charge in [-0.3, -0.25) is 9.78 Å². The summed E-state index contributed by atoms with van der Waals surface area (Å²) >= 11 is 0. The number of carbonyl (C=O) groups is 1. The second-order valence-corrected chi connectivity index (χ2v) is 3.79. The van der Waals surface area contributed by atoms with E-state index in [1.807, 2.05) is 18.2 Å². The lowest BCUT2D eigenvalue weighted by Crippen LogP contribution is -2.28. The van der Waals surface area contributed by atoms with Crippen LogP contribution in [0.15, 0.2) is 42.9 Å². The minimum atomic E-state index is -0.189. The molecule has 5 heteroatoms. The SMILES string of the molecule is CN(CC#N)C(=O)c1cccn1-c1cccnc1. The zero-order valence-electron chi connectivity index (χ0n) is 9.95. The van der Waals surface area contributed by atoms with Crippen molar-refractivity contribution in [3.63, 3.8) is 0 Å². The highest BCUT2D eigenvalue weighted by molar-refractivity contribution is 5.93. The minimum absolute atomic E-state index is 0.0665. The van der Waals surface area contributed by atoms with E-state index >= 15 is 0 Å². The van der Waals surface area contributed by atoms with Crippen LogP contribution in [0, 0.1) is 11.3 Å². The third kappa shape index (κ3) is 2.23. The largest absolute Gasteiger partial charge is 0.327 e. The molecule has 0 aliphatic rings. The molecule has 2 aromatic heterocycles. The molecule has 0 aromatic carbocycles. The van der Waals surface area contributed by atoms with Gasteiger partial charge in [-0.2, -0.15) is 5.26 Å². The molecule has 0 bridgehead atoms. The quantitative estimate of drug-likeness (QED) is 0.763. The van der Waals surface area contributed by atoms with E-state index in [0.717, 1.165) is 5.69 Å². The van der Waals surface area contributed by atoms with E-state index in [2.05, 4.69) is 4.98 Å². The van der Waals surface area contributed by atoms with Crippen LogP contribution in [0.1, 0.15) is 10.5 Å². The maximum atomic E-state index is 12.1. The maximum Gasteiger partial charge on any atom is 0.271 e. The first-order chi connectivity index (χ1) is 8.74. The van der Waals surface area contributed by atoms with Crippen LogP contribution in [0.3, 0.4) is 0 Å². The summed E-state index contributed by atoms with van der Waals surface area (Å²) in [5.41, 5.74) is 1.33. The Balaban J connectivity index is 2.35. The van der Waals surface area contributed by atoms with Gasteiger partial charge in [0.25, 0.3) is 5.91 Å². The molecule has 0 saturated carbocycles. The van der Waals surface area contributed by atoms with Crippen molar-refractivity contribution < 1.29 is 4.79 Å². The number of hydrogen-bond donors (Lipinski definition) is 0. The van der Waals surface area contributed by atoms with Crippen LogP contribution in [0.5, 0.6) is 0 Å². The first-order valence-electron chi connectivity index (χ1n) is 5.44. The highest BCUT2D eigenvalue weighted by Crippen LogP contribution is 2.12. The lowest BCUT2D eigenvalue weighted by molar-refractivity contribution is 0.0804. The maximum absolute atomic E-state index is 12.1. The smallest absolute Gasteiger partial charge is 0.271 e. The fourth-order valence-electron chi connectivity index (χ4n) is 1.65. The van der Waals surface area contributed by atoms with Crippen LogP contribution in [0.25, 0.3) is 5.69 Å². The fourth-order valence-corrected chi connectivity index (χ4v) is 1.65. The van der Waals surface area contributed by atoms with E-state index < -0.39 is 0 Å². The average Bonchev–Trinajstić information content (AvgIpc) is 2.88. The lowest BCUT2D eigenvalue weighted by Gasteiger charge is -2.15. The average molecular weight is 240 g/mol. The Hall–Kier alpha value is -2.61. The summed E-state index contributed by atoms with van der Waals surface area (Å²) in [5.74, 6) is -0.189. The Morgan fingerprint density at radius 3 is 3.00 bits per heavy atom. The Kier molecular flexibility index (Phi) is 3.39. The number of nitriles is 1. The van der Waals surface area contributed by atoms with Gasteiger partial charge in [-0.15, -0.1) is 0 Å². The molecule has 0 radical (unpaired) electrons. The van der Waals surface area contributed by atoms with Crippen molar-refractivity contribution in [2.45, 2.75) is 0 Å². The molecule has 0 unspecified atom stereocenters. The summed E-state index contributed by atoms with van der Waals surface area (Å²) in [7, 11) is 1.60. The molecule has 1 amide bonds. The number of pyridine rings is 1. The van der Waals surface area contributed by atoms with Gasteiger partial charge in [0, 0.05) is 19.4 Å². The number of nitrogens with zero attached hydrogens (tertiary/aromatic N) is 4. The van der Waals surface area contributed by atoms with Crippen molar-refractivity contribution in [2.24, 2.45) is 0 Å². The van der Waals surface area contributed by atoms with Gasteiger partial charge in [0.2, 0.25) is 0 Å². The van der Waals surface area contributed by atoms with Gasteiger partial charge in [-0.25, -0.2) is 0 Å². The Morgan fingerprint density at radius 2 is 2.33 bits per heavy atom. The monoisotopic (exact) mass is 240 g/mol. The number of amides is 1. The summed E-state index contributed by atoms with van der Waals surface area (Å²) in [6.07, 6.45) is 5.15. The number of aromatic nitrogens is 2. The Bertz CT molecular complexity index is 583. The normalized spacial score (nSPS) is 9.78. The standard InChI is InChI=1S/C13H12N4O/c1-16(9-6-14)13(18)12-5-3-8-17(12)11-4-2-7-15-10-11/h2-5,7-8,10H,9H2,1H3. The molecule has 2 heterocycles. The Labute approximate surface area is 105 Å². The first-order valence-corrected chi connectivity index (χ1v) is 5.44. The van der Waals surface area contributed by atoms with Gasteiger partial charge in [-0.05, 0) is 24.3 Å². The summed E-state index contributed by atoms with van der Waals surface area (Å²) in [6, 6.07) is 9.15. The zero-order valence-corrected chi connectivity index (χ0v) is 9.95. The lowest BCUT2D eigenvalue weighted by atomic mass is 10.3. The van der Waals surface area contributed by atoms with Crippen molar-refractivity contribution in [2.75, 3.05) is 13.6 Å². The van der Waals surface area contributed by atoms with Crippen molar-refractivity contribution >= 4 is 5.91 Å². The predicted molar refractivity (Wildman–Crippen MR) is 66.1 cm³/mol. The van der Waals surface area contributed by atoms with Crippen LogP contribution in [0.2, 0.25) is 0 Å². The molecular formula is C13H12N4O. The van der Waals surface area contributed by atoms with Gasteiger partial charge >= 0.3 is 0 Å². The molecule has 90 valence electrons. The summed E-state index contributed by atoms with van der Waals surface area (Å²) in [6.45, 7) is 0.0665. The molecule has 0 aliphatic heterocycles. The van der Waals surface area contributed by atoms with E-state index in [9.17, 15) is 4.79 Å². The van der Waals surface area contributed by atoms with Crippen molar-refractivity contribution in [1.29, 1.82) is 5.26 Å². The number of carbonyl (C=O) groups excluding carboxylic acids is 1.